The molecule has 3 rings (SSSR count). The molecule has 3 aromatic heterocycles. The number of rotatable bonds is 5. The number of anilines is 2. The molecule has 12 nitrogen and oxygen atoms in total. The molecule has 0 aliphatic heterocycles. The zero-order chi connectivity index (χ0) is 20.0. The Bertz CT molecular complexity index is 870. The van der Waals surface area contributed by atoms with Crippen molar-refractivity contribution < 1.29 is 4.79 Å². The summed E-state index contributed by atoms with van der Waals surface area (Å²) in [5, 5.41) is 18.5. The number of aromatic nitrogens is 9. The predicted molar refractivity (Wildman–Crippen MR) is 98.8 cm³/mol. The Kier molecular flexibility index (Phi) is 6.25. The molecule has 0 spiro atoms. The van der Waals surface area contributed by atoms with E-state index in [4.69, 9.17) is 0 Å². The highest BCUT2D eigenvalue weighted by atomic mass is 16.2. The van der Waals surface area contributed by atoms with Gasteiger partial charge in [0, 0.05) is 0 Å². The van der Waals surface area contributed by atoms with Gasteiger partial charge >= 0.3 is 0 Å². The lowest BCUT2D eigenvalue weighted by molar-refractivity contribution is 0.101. The number of amides is 1. The largest absolute Gasteiger partial charge is 0.321 e. The van der Waals surface area contributed by atoms with E-state index in [1.165, 1.54) is 0 Å². The van der Waals surface area contributed by atoms with Crippen LogP contribution in [-0.2, 0) is 0 Å². The second kappa shape index (κ2) is 8.60. The van der Waals surface area contributed by atoms with Gasteiger partial charge in [-0.05, 0) is 20.8 Å². The highest BCUT2D eigenvalue weighted by Crippen LogP contribution is 2.12. The van der Waals surface area contributed by atoms with Crippen LogP contribution in [0.15, 0.2) is 6.58 Å². The van der Waals surface area contributed by atoms with E-state index in [0.717, 1.165) is 0 Å². The van der Waals surface area contributed by atoms with E-state index in [-0.39, 0.29) is 17.7 Å². The molecule has 3 heterocycles. The van der Waals surface area contributed by atoms with Gasteiger partial charge in [0.1, 0.15) is 17.5 Å². The normalized spacial score (nSPS) is 9.96. The van der Waals surface area contributed by atoms with Gasteiger partial charge in [-0.3, -0.25) is 20.3 Å². The molecule has 1 amide bonds. The SMILES string of the molecule is C=C(Nc1nc(C)nc(NC(=O)c2n[nH]c(C)n2)n1)c1n[nH]c(C)n1.CC. The fourth-order valence-electron chi connectivity index (χ4n) is 1.86. The minimum atomic E-state index is -0.538. The van der Waals surface area contributed by atoms with Crippen molar-refractivity contribution in [3.8, 4) is 0 Å². The summed E-state index contributed by atoms with van der Waals surface area (Å²) >= 11 is 0. The van der Waals surface area contributed by atoms with E-state index in [1.54, 1.807) is 20.8 Å². The van der Waals surface area contributed by atoms with Crippen molar-refractivity contribution in [3.63, 3.8) is 0 Å². The molecule has 0 saturated carbocycles. The van der Waals surface area contributed by atoms with Crippen LogP contribution >= 0.6 is 0 Å². The Labute approximate surface area is 155 Å². The molecule has 27 heavy (non-hydrogen) atoms. The zero-order valence-electron chi connectivity index (χ0n) is 15.7. The first-order valence-corrected chi connectivity index (χ1v) is 8.19. The van der Waals surface area contributed by atoms with Crippen LogP contribution in [0.2, 0.25) is 0 Å². The van der Waals surface area contributed by atoms with Gasteiger partial charge in [0.15, 0.2) is 5.82 Å². The average Bonchev–Trinajstić information content (AvgIpc) is 3.24. The minimum absolute atomic E-state index is 0.00863. The molecule has 0 bridgehead atoms. The monoisotopic (exact) mass is 371 g/mol. The van der Waals surface area contributed by atoms with Gasteiger partial charge < -0.3 is 5.32 Å². The van der Waals surface area contributed by atoms with Crippen molar-refractivity contribution in [2.75, 3.05) is 10.6 Å². The van der Waals surface area contributed by atoms with E-state index in [0.29, 0.717) is 29.0 Å². The van der Waals surface area contributed by atoms with Crippen molar-refractivity contribution in [2.45, 2.75) is 34.6 Å². The van der Waals surface area contributed by atoms with E-state index in [9.17, 15) is 4.79 Å². The standard InChI is InChI=1S/C13H15N11O.C2H6/c1-5(9-15-7(3)21-23-9)14-12-17-6(2)18-13(20-12)19-11(25)10-16-8(4)22-24-10;1-2/h1H2,2-4H3,(H,15,21,23)(H,16,22,24)(H2,14,17,18,19,20,25);1-2H3. The molecule has 0 saturated heterocycles. The summed E-state index contributed by atoms with van der Waals surface area (Å²) in [4.78, 5) is 32.5. The van der Waals surface area contributed by atoms with E-state index in [1.807, 2.05) is 13.8 Å². The first-order valence-electron chi connectivity index (χ1n) is 8.19. The summed E-state index contributed by atoms with van der Waals surface area (Å²) < 4.78 is 0. The van der Waals surface area contributed by atoms with Crippen molar-refractivity contribution in [1.29, 1.82) is 0 Å². The van der Waals surface area contributed by atoms with Crippen LogP contribution in [0.3, 0.4) is 0 Å². The van der Waals surface area contributed by atoms with Crippen LogP contribution in [0.1, 0.15) is 47.8 Å². The number of nitrogens with zero attached hydrogens (tertiary/aromatic N) is 7. The maximum atomic E-state index is 12.1. The fraction of sp³-hybridized carbons (Fsp3) is 0.333. The maximum Gasteiger partial charge on any atom is 0.297 e. The summed E-state index contributed by atoms with van der Waals surface area (Å²) in [6.07, 6.45) is 0. The molecule has 0 aromatic carbocycles. The van der Waals surface area contributed by atoms with E-state index >= 15 is 0 Å². The molecular formula is C15H21N11O. The topological polar surface area (TPSA) is 163 Å². The lowest BCUT2D eigenvalue weighted by Gasteiger charge is -2.07. The first kappa shape index (κ1) is 19.6. The predicted octanol–water partition coefficient (Wildman–Crippen LogP) is 1.39. The first-order chi connectivity index (χ1) is 12.9. The number of H-pyrrole nitrogens is 2. The van der Waals surface area contributed by atoms with Gasteiger partial charge in [-0.2, -0.15) is 20.1 Å². The number of nitrogens with one attached hydrogen (secondary N) is 4. The molecule has 142 valence electrons. The highest BCUT2D eigenvalue weighted by molar-refractivity contribution is 6.00. The number of aromatic amines is 2. The van der Waals surface area contributed by atoms with Gasteiger partial charge in [-0.15, -0.1) is 5.10 Å². The van der Waals surface area contributed by atoms with Crippen molar-refractivity contribution >= 4 is 23.5 Å². The Morgan fingerprint density at radius 2 is 1.33 bits per heavy atom. The van der Waals surface area contributed by atoms with Crippen LogP contribution in [-0.4, -0.2) is 51.2 Å². The third kappa shape index (κ3) is 5.14. The molecule has 0 unspecified atom stereocenters. The molecular weight excluding hydrogens is 350 g/mol. The summed E-state index contributed by atoms with van der Waals surface area (Å²) in [6, 6.07) is 0. The molecule has 0 atom stereocenters. The Morgan fingerprint density at radius 3 is 1.85 bits per heavy atom. The summed E-state index contributed by atoms with van der Waals surface area (Å²) in [6.45, 7) is 13.0. The number of aryl methyl sites for hydroxylation is 3. The van der Waals surface area contributed by atoms with E-state index < -0.39 is 5.91 Å². The van der Waals surface area contributed by atoms with Crippen LogP contribution in [0.25, 0.3) is 5.70 Å². The lowest BCUT2D eigenvalue weighted by Crippen LogP contribution is -2.17. The Hall–Kier alpha value is -3.70. The molecule has 12 heteroatoms. The van der Waals surface area contributed by atoms with Crippen LogP contribution < -0.4 is 10.6 Å². The van der Waals surface area contributed by atoms with Crippen molar-refractivity contribution in [3.05, 3.63) is 35.7 Å². The average molecular weight is 371 g/mol. The molecule has 0 aliphatic carbocycles. The van der Waals surface area contributed by atoms with Crippen molar-refractivity contribution in [1.82, 2.24) is 45.3 Å². The van der Waals surface area contributed by atoms with E-state index in [2.05, 4.69) is 62.5 Å². The minimum Gasteiger partial charge on any atom is -0.321 e. The lowest BCUT2D eigenvalue weighted by atomic mass is 10.4. The molecule has 3 aromatic rings. The summed E-state index contributed by atoms with van der Waals surface area (Å²) in [5.74, 6) is 1.67. The smallest absolute Gasteiger partial charge is 0.297 e. The highest BCUT2D eigenvalue weighted by Gasteiger charge is 2.15. The second-order valence-corrected chi connectivity index (χ2v) is 5.08. The fourth-order valence-corrected chi connectivity index (χ4v) is 1.86. The van der Waals surface area contributed by atoms with Gasteiger partial charge in [0.25, 0.3) is 5.91 Å². The number of hydrogen-bond acceptors (Lipinski definition) is 9. The zero-order valence-corrected chi connectivity index (χ0v) is 15.7. The van der Waals surface area contributed by atoms with Gasteiger partial charge in [0.05, 0.1) is 5.70 Å². The number of carbonyl (C=O) groups is 1. The molecule has 0 aliphatic rings. The quantitative estimate of drug-likeness (QED) is 0.519. The molecule has 0 fully saturated rings. The molecule has 0 radical (unpaired) electrons. The third-order valence-electron chi connectivity index (χ3n) is 2.90. The maximum absolute atomic E-state index is 12.1. The van der Waals surface area contributed by atoms with Gasteiger partial charge in [-0.1, -0.05) is 20.4 Å². The Balaban J connectivity index is 0.00000126. The summed E-state index contributed by atoms with van der Waals surface area (Å²) in [7, 11) is 0. The van der Waals surface area contributed by atoms with Gasteiger partial charge in [0.2, 0.25) is 17.7 Å². The Morgan fingerprint density at radius 1 is 0.815 bits per heavy atom. The van der Waals surface area contributed by atoms with Gasteiger partial charge in [-0.25, -0.2) is 9.97 Å². The van der Waals surface area contributed by atoms with Crippen LogP contribution in [0, 0.1) is 20.8 Å². The third-order valence-corrected chi connectivity index (χ3v) is 2.90. The van der Waals surface area contributed by atoms with Crippen molar-refractivity contribution in [2.24, 2.45) is 0 Å². The molecule has 4 N–H and O–H groups in total. The van der Waals surface area contributed by atoms with Crippen LogP contribution in [0.5, 0.6) is 0 Å². The van der Waals surface area contributed by atoms with Crippen LogP contribution in [0.4, 0.5) is 11.9 Å². The number of hydrogen-bond donors (Lipinski definition) is 4. The summed E-state index contributed by atoms with van der Waals surface area (Å²) in [5.41, 5.74) is 0.400. The number of carbonyl (C=O) groups excluding carboxylic acids is 1. The second-order valence-electron chi connectivity index (χ2n) is 5.08.